The van der Waals surface area contributed by atoms with Crippen LogP contribution in [0.25, 0.3) is 0 Å². The van der Waals surface area contributed by atoms with E-state index in [4.69, 9.17) is 0 Å². The molecule has 5 nitrogen and oxygen atoms in total. The standard InChI is InChI=1S/C24H27FN4O/c1-16-5-10-21(17(2)11-16)14-29(4)24-22(25)23(27-15-28-24)26-13-20-8-6-19(7-9-20)12-18(3)30/h5-11,15H,12-14H2,1-4H3,(H,26,27,28). The highest BCUT2D eigenvalue weighted by atomic mass is 19.1. The van der Waals surface area contributed by atoms with Crippen LogP contribution in [0.3, 0.4) is 0 Å². The normalized spacial score (nSPS) is 10.7. The third-order valence-corrected chi connectivity index (χ3v) is 4.97. The minimum Gasteiger partial charge on any atom is -0.363 e. The highest BCUT2D eigenvalue weighted by Crippen LogP contribution is 2.23. The van der Waals surface area contributed by atoms with Gasteiger partial charge in [0.05, 0.1) is 0 Å². The number of anilines is 2. The largest absolute Gasteiger partial charge is 0.363 e. The van der Waals surface area contributed by atoms with Crippen molar-refractivity contribution in [2.24, 2.45) is 0 Å². The van der Waals surface area contributed by atoms with Crippen LogP contribution in [0.4, 0.5) is 16.0 Å². The molecule has 3 rings (SSSR count). The minimum absolute atomic E-state index is 0.126. The van der Waals surface area contributed by atoms with Crippen LogP contribution in [0.1, 0.15) is 34.7 Å². The molecule has 0 aliphatic rings. The van der Waals surface area contributed by atoms with Crippen molar-refractivity contribution in [2.45, 2.75) is 40.3 Å². The van der Waals surface area contributed by atoms with Crippen LogP contribution >= 0.6 is 0 Å². The van der Waals surface area contributed by atoms with Crippen molar-refractivity contribution in [3.05, 3.63) is 82.4 Å². The van der Waals surface area contributed by atoms with Gasteiger partial charge in [-0.25, -0.2) is 9.97 Å². The lowest BCUT2D eigenvalue weighted by molar-refractivity contribution is -0.116. The number of nitrogens with zero attached hydrogens (tertiary/aromatic N) is 3. The summed E-state index contributed by atoms with van der Waals surface area (Å²) in [4.78, 5) is 21.2. The van der Waals surface area contributed by atoms with E-state index in [1.807, 2.05) is 31.3 Å². The predicted octanol–water partition coefficient (Wildman–Crippen LogP) is 4.61. The van der Waals surface area contributed by atoms with Gasteiger partial charge in [0, 0.05) is 26.6 Å². The Labute approximate surface area is 177 Å². The lowest BCUT2D eigenvalue weighted by atomic mass is 10.1. The third kappa shape index (κ3) is 5.41. The fourth-order valence-electron chi connectivity index (χ4n) is 3.35. The van der Waals surface area contributed by atoms with Crippen LogP contribution in [0.2, 0.25) is 0 Å². The Kier molecular flexibility index (Phi) is 6.77. The van der Waals surface area contributed by atoms with Gasteiger partial charge in [-0.05, 0) is 43.0 Å². The summed E-state index contributed by atoms with van der Waals surface area (Å²) in [5.41, 5.74) is 5.44. The fourth-order valence-corrected chi connectivity index (χ4v) is 3.35. The summed E-state index contributed by atoms with van der Waals surface area (Å²) in [7, 11) is 1.82. The molecule has 0 spiro atoms. The van der Waals surface area contributed by atoms with Gasteiger partial charge in [0.1, 0.15) is 12.1 Å². The first-order chi connectivity index (χ1) is 14.3. The molecule has 0 saturated heterocycles. The second-order valence-electron chi connectivity index (χ2n) is 7.69. The Bertz CT molecular complexity index is 1030. The number of halogens is 1. The van der Waals surface area contributed by atoms with Gasteiger partial charge in [-0.3, -0.25) is 4.79 Å². The lowest BCUT2D eigenvalue weighted by Gasteiger charge is -2.21. The summed E-state index contributed by atoms with van der Waals surface area (Å²) in [5.74, 6) is 0.0731. The molecule has 156 valence electrons. The molecule has 1 aromatic heterocycles. The molecule has 0 aliphatic carbocycles. The maximum absolute atomic E-state index is 15.0. The zero-order chi connectivity index (χ0) is 21.7. The van der Waals surface area contributed by atoms with E-state index in [0.29, 0.717) is 19.5 Å². The van der Waals surface area contributed by atoms with Gasteiger partial charge in [0.2, 0.25) is 5.82 Å². The average Bonchev–Trinajstić information content (AvgIpc) is 2.70. The van der Waals surface area contributed by atoms with E-state index < -0.39 is 5.82 Å². The average molecular weight is 407 g/mol. The molecule has 0 amide bonds. The van der Waals surface area contributed by atoms with Gasteiger partial charge in [0.15, 0.2) is 11.6 Å². The Hall–Kier alpha value is -3.28. The van der Waals surface area contributed by atoms with Crippen molar-refractivity contribution in [1.29, 1.82) is 0 Å². The third-order valence-electron chi connectivity index (χ3n) is 4.97. The van der Waals surface area contributed by atoms with Gasteiger partial charge in [-0.2, -0.15) is 4.39 Å². The van der Waals surface area contributed by atoms with Crippen molar-refractivity contribution in [3.8, 4) is 0 Å². The second kappa shape index (κ2) is 9.48. The van der Waals surface area contributed by atoms with Gasteiger partial charge < -0.3 is 10.2 Å². The van der Waals surface area contributed by atoms with Gasteiger partial charge in [-0.15, -0.1) is 0 Å². The van der Waals surface area contributed by atoms with Crippen molar-refractivity contribution >= 4 is 17.4 Å². The number of aromatic nitrogens is 2. The molecule has 6 heteroatoms. The highest BCUT2D eigenvalue weighted by molar-refractivity contribution is 5.78. The second-order valence-corrected chi connectivity index (χ2v) is 7.69. The topological polar surface area (TPSA) is 58.1 Å². The fraction of sp³-hybridized carbons (Fsp3) is 0.292. The number of benzene rings is 2. The minimum atomic E-state index is -0.474. The Morgan fingerprint density at radius 1 is 1.07 bits per heavy atom. The highest BCUT2D eigenvalue weighted by Gasteiger charge is 2.16. The lowest BCUT2D eigenvalue weighted by Crippen LogP contribution is -2.21. The number of aryl methyl sites for hydroxylation is 2. The molecular formula is C24H27FN4O. The van der Waals surface area contributed by atoms with E-state index in [9.17, 15) is 4.79 Å². The van der Waals surface area contributed by atoms with Crippen LogP contribution in [-0.2, 0) is 24.3 Å². The summed E-state index contributed by atoms with van der Waals surface area (Å²) in [6.45, 7) is 6.66. The van der Waals surface area contributed by atoms with Crippen molar-refractivity contribution < 1.29 is 9.18 Å². The SMILES string of the molecule is CC(=O)Cc1ccc(CNc2ncnc(N(C)Cc3ccc(C)cc3C)c2F)cc1. The Morgan fingerprint density at radius 3 is 2.43 bits per heavy atom. The summed E-state index contributed by atoms with van der Waals surface area (Å²) in [5, 5.41) is 3.05. The van der Waals surface area contributed by atoms with Crippen molar-refractivity contribution in [3.63, 3.8) is 0 Å². The maximum atomic E-state index is 15.0. The molecule has 0 saturated carbocycles. The summed E-state index contributed by atoms with van der Waals surface area (Å²) in [6, 6.07) is 13.9. The number of rotatable bonds is 8. The van der Waals surface area contributed by atoms with Crippen molar-refractivity contribution in [2.75, 3.05) is 17.3 Å². The van der Waals surface area contributed by atoms with Crippen LogP contribution in [0.5, 0.6) is 0 Å². The summed E-state index contributed by atoms with van der Waals surface area (Å²) < 4.78 is 15.0. The van der Waals surface area contributed by atoms with E-state index >= 15 is 4.39 Å². The maximum Gasteiger partial charge on any atom is 0.207 e. The number of carbonyl (C=O) groups excluding carboxylic acids is 1. The predicted molar refractivity (Wildman–Crippen MR) is 118 cm³/mol. The van der Waals surface area contributed by atoms with E-state index in [2.05, 4.69) is 47.3 Å². The quantitative estimate of drug-likeness (QED) is 0.592. The first-order valence-electron chi connectivity index (χ1n) is 9.92. The summed E-state index contributed by atoms with van der Waals surface area (Å²) >= 11 is 0. The van der Waals surface area contributed by atoms with Crippen molar-refractivity contribution in [1.82, 2.24) is 9.97 Å². The molecule has 2 aromatic carbocycles. The molecule has 30 heavy (non-hydrogen) atoms. The van der Waals surface area contributed by atoms with Gasteiger partial charge in [0.25, 0.3) is 0 Å². The molecule has 1 heterocycles. The molecule has 0 radical (unpaired) electrons. The van der Waals surface area contributed by atoms with Gasteiger partial charge >= 0.3 is 0 Å². The number of hydrogen-bond acceptors (Lipinski definition) is 5. The van der Waals surface area contributed by atoms with E-state index in [0.717, 1.165) is 16.7 Å². The van der Waals surface area contributed by atoms with Crippen LogP contribution in [-0.4, -0.2) is 22.8 Å². The molecule has 0 unspecified atom stereocenters. The number of ketones is 1. The molecule has 0 aliphatic heterocycles. The monoisotopic (exact) mass is 406 g/mol. The smallest absolute Gasteiger partial charge is 0.207 e. The van der Waals surface area contributed by atoms with Crippen LogP contribution < -0.4 is 10.2 Å². The molecular weight excluding hydrogens is 379 g/mol. The Morgan fingerprint density at radius 2 is 1.77 bits per heavy atom. The molecule has 0 atom stereocenters. The van der Waals surface area contributed by atoms with Crippen LogP contribution in [0, 0.1) is 19.7 Å². The molecule has 0 fully saturated rings. The first kappa shape index (κ1) is 21.4. The zero-order valence-electron chi connectivity index (χ0n) is 17.9. The van der Waals surface area contributed by atoms with Crippen LogP contribution in [0.15, 0.2) is 48.8 Å². The summed E-state index contributed by atoms with van der Waals surface area (Å²) in [6.07, 6.45) is 1.79. The van der Waals surface area contributed by atoms with E-state index in [1.54, 1.807) is 11.8 Å². The van der Waals surface area contributed by atoms with Gasteiger partial charge in [-0.1, -0.05) is 48.0 Å². The number of hydrogen-bond donors (Lipinski definition) is 1. The van der Waals surface area contributed by atoms with E-state index in [1.165, 1.54) is 17.5 Å². The number of nitrogens with one attached hydrogen (secondary N) is 1. The molecule has 0 bridgehead atoms. The Balaban J connectivity index is 1.69. The van der Waals surface area contributed by atoms with E-state index in [-0.39, 0.29) is 17.4 Å². The zero-order valence-corrected chi connectivity index (χ0v) is 17.9. The molecule has 1 N–H and O–H groups in total. The first-order valence-corrected chi connectivity index (χ1v) is 9.92. The number of Topliss-reactive ketones (excluding diaryl/α,β-unsaturated/α-hetero) is 1. The molecule has 3 aromatic rings. The number of carbonyl (C=O) groups is 1.